The van der Waals surface area contributed by atoms with E-state index in [1.54, 1.807) is 11.3 Å². The number of hydrogen-bond acceptors (Lipinski definition) is 3. The fourth-order valence-electron chi connectivity index (χ4n) is 1.91. The Hall–Kier alpha value is -1.35. The molecule has 3 heteroatoms. The summed E-state index contributed by atoms with van der Waals surface area (Å²) in [6.07, 6.45) is 0. The zero-order valence-electron chi connectivity index (χ0n) is 10.7. The molecule has 0 aliphatic carbocycles. The Labute approximate surface area is 107 Å². The second-order valence-electron chi connectivity index (χ2n) is 4.41. The Morgan fingerprint density at radius 3 is 2.29 bits per heavy atom. The van der Waals surface area contributed by atoms with Crippen LogP contribution in [-0.4, -0.2) is 4.98 Å². The van der Waals surface area contributed by atoms with Crippen LogP contribution in [0.2, 0.25) is 0 Å². The van der Waals surface area contributed by atoms with E-state index < -0.39 is 0 Å². The van der Waals surface area contributed by atoms with Gasteiger partial charge in [-0.3, -0.25) is 0 Å². The highest BCUT2D eigenvalue weighted by molar-refractivity contribution is 7.11. The van der Waals surface area contributed by atoms with Gasteiger partial charge in [0, 0.05) is 10.6 Å². The Morgan fingerprint density at radius 2 is 1.76 bits per heavy atom. The van der Waals surface area contributed by atoms with E-state index in [-0.39, 0.29) is 6.04 Å². The van der Waals surface area contributed by atoms with Crippen LogP contribution in [0.15, 0.2) is 24.3 Å². The fraction of sp³-hybridized carbons (Fsp3) is 0.357. The van der Waals surface area contributed by atoms with Gasteiger partial charge in [0.25, 0.3) is 0 Å². The average Bonchev–Trinajstić information content (AvgIpc) is 2.61. The standard InChI is InChI=1S/C14H18N2S/c1-9-5-7-13(8-6-9)15-10(2)14-11(3)17-12(4)16-14/h5-8,10,15H,1-4H3. The highest BCUT2D eigenvalue weighted by atomic mass is 32.1. The predicted molar refractivity (Wildman–Crippen MR) is 74.8 cm³/mol. The van der Waals surface area contributed by atoms with Gasteiger partial charge in [-0.1, -0.05) is 17.7 Å². The van der Waals surface area contributed by atoms with E-state index in [4.69, 9.17) is 0 Å². The summed E-state index contributed by atoms with van der Waals surface area (Å²) < 4.78 is 0. The van der Waals surface area contributed by atoms with Gasteiger partial charge in [0.05, 0.1) is 16.7 Å². The first-order valence-electron chi connectivity index (χ1n) is 5.83. The molecule has 0 aliphatic heterocycles. The zero-order valence-corrected chi connectivity index (χ0v) is 11.6. The Bertz CT molecular complexity index is 499. The van der Waals surface area contributed by atoms with E-state index in [9.17, 15) is 0 Å². The van der Waals surface area contributed by atoms with Crippen LogP contribution in [0.5, 0.6) is 0 Å². The van der Waals surface area contributed by atoms with Gasteiger partial charge in [-0.15, -0.1) is 11.3 Å². The first kappa shape index (κ1) is 12.1. The van der Waals surface area contributed by atoms with Crippen molar-refractivity contribution < 1.29 is 0 Å². The maximum absolute atomic E-state index is 4.58. The molecular formula is C14H18N2S. The minimum Gasteiger partial charge on any atom is -0.377 e. The summed E-state index contributed by atoms with van der Waals surface area (Å²) in [6, 6.07) is 8.71. The van der Waals surface area contributed by atoms with Gasteiger partial charge in [0.1, 0.15) is 0 Å². The first-order chi connectivity index (χ1) is 8.06. The topological polar surface area (TPSA) is 24.9 Å². The summed E-state index contributed by atoms with van der Waals surface area (Å²) in [7, 11) is 0. The molecule has 0 saturated carbocycles. The Morgan fingerprint density at radius 1 is 1.12 bits per heavy atom. The van der Waals surface area contributed by atoms with Gasteiger partial charge in [0.2, 0.25) is 0 Å². The van der Waals surface area contributed by atoms with Crippen LogP contribution in [-0.2, 0) is 0 Å². The summed E-state index contributed by atoms with van der Waals surface area (Å²) in [6.45, 7) is 8.44. The number of nitrogens with one attached hydrogen (secondary N) is 1. The van der Waals surface area contributed by atoms with Crippen LogP contribution in [0.1, 0.15) is 34.1 Å². The van der Waals surface area contributed by atoms with Crippen molar-refractivity contribution in [2.75, 3.05) is 5.32 Å². The molecular weight excluding hydrogens is 228 g/mol. The minimum absolute atomic E-state index is 0.252. The number of anilines is 1. The van der Waals surface area contributed by atoms with Crippen LogP contribution >= 0.6 is 11.3 Å². The molecule has 1 aromatic carbocycles. The third kappa shape index (κ3) is 2.86. The second kappa shape index (κ2) is 4.88. The molecule has 1 N–H and O–H groups in total. The van der Waals surface area contributed by atoms with Gasteiger partial charge in [0.15, 0.2) is 0 Å². The van der Waals surface area contributed by atoms with Crippen molar-refractivity contribution in [1.29, 1.82) is 0 Å². The quantitative estimate of drug-likeness (QED) is 0.876. The molecule has 2 rings (SSSR count). The van der Waals surface area contributed by atoms with Crippen molar-refractivity contribution in [3.63, 3.8) is 0 Å². The van der Waals surface area contributed by atoms with E-state index in [2.05, 4.69) is 62.3 Å². The smallest absolute Gasteiger partial charge is 0.0901 e. The van der Waals surface area contributed by atoms with Crippen LogP contribution < -0.4 is 5.32 Å². The minimum atomic E-state index is 0.252. The zero-order chi connectivity index (χ0) is 12.4. The maximum Gasteiger partial charge on any atom is 0.0901 e. The number of nitrogens with zero attached hydrogens (tertiary/aromatic N) is 1. The number of rotatable bonds is 3. The number of thiazole rings is 1. The molecule has 0 aliphatic rings. The average molecular weight is 246 g/mol. The molecule has 0 spiro atoms. The monoisotopic (exact) mass is 246 g/mol. The van der Waals surface area contributed by atoms with Gasteiger partial charge in [-0.05, 0) is 39.8 Å². The van der Waals surface area contributed by atoms with Crippen molar-refractivity contribution in [2.45, 2.75) is 33.7 Å². The molecule has 0 bridgehead atoms. The number of hydrogen-bond donors (Lipinski definition) is 1. The Balaban J connectivity index is 2.14. The lowest BCUT2D eigenvalue weighted by atomic mass is 10.2. The number of aromatic nitrogens is 1. The number of aryl methyl sites for hydroxylation is 3. The van der Waals surface area contributed by atoms with Crippen LogP contribution in [0.25, 0.3) is 0 Å². The van der Waals surface area contributed by atoms with Gasteiger partial charge in [-0.25, -0.2) is 4.98 Å². The summed E-state index contributed by atoms with van der Waals surface area (Å²) in [5.41, 5.74) is 3.59. The van der Waals surface area contributed by atoms with E-state index in [1.807, 2.05) is 0 Å². The van der Waals surface area contributed by atoms with Gasteiger partial charge >= 0.3 is 0 Å². The van der Waals surface area contributed by atoms with E-state index in [0.717, 1.165) is 16.4 Å². The van der Waals surface area contributed by atoms with Crippen LogP contribution in [0.3, 0.4) is 0 Å². The lowest BCUT2D eigenvalue weighted by Gasteiger charge is -2.14. The SMILES string of the molecule is Cc1ccc(NC(C)c2nc(C)sc2C)cc1. The van der Waals surface area contributed by atoms with Crippen molar-refractivity contribution in [3.8, 4) is 0 Å². The molecule has 1 atom stereocenters. The summed E-state index contributed by atoms with van der Waals surface area (Å²) in [4.78, 5) is 5.88. The van der Waals surface area contributed by atoms with Crippen molar-refractivity contribution in [2.24, 2.45) is 0 Å². The van der Waals surface area contributed by atoms with E-state index >= 15 is 0 Å². The summed E-state index contributed by atoms with van der Waals surface area (Å²) in [5.74, 6) is 0. The lowest BCUT2D eigenvalue weighted by molar-refractivity contribution is 0.837. The van der Waals surface area contributed by atoms with Crippen LogP contribution in [0, 0.1) is 20.8 Å². The molecule has 2 nitrogen and oxygen atoms in total. The second-order valence-corrected chi connectivity index (χ2v) is 5.81. The van der Waals surface area contributed by atoms with Crippen LogP contribution in [0.4, 0.5) is 5.69 Å². The molecule has 90 valence electrons. The summed E-state index contributed by atoms with van der Waals surface area (Å²) >= 11 is 1.76. The first-order valence-corrected chi connectivity index (χ1v) is 6.65. The van der Waals surface area contributed by atoms with Crippen molar-refractivity contribution in [1.82, 2.24) is 4.98 Å². The maximum atomic E-state index is 4.58. The molecule has 0 amide bonds. The molecule has 1 unspecified atom stereocenters. The van der Waals surface area contributed by atoms with Crippen molar-refractivity contribution in [3.05, 3.63) is 45.4 Å². The largest absolute Gasteiger partial charge is 0.377 e. The highest BCUT2D eigenvalue weighted by Gasteiger charge is 2.12. The normalized spacial score (nSPS) is 12.5. The third-order valence-corrected chi connectivity index (χ3v) is 3.69. The Kier molecular flexibility index (Phi) is 3.48. The van der Waals surface area contributed by atoms with Gasteiger partial charge < -0.3 is 5.32 Å². The number of benzene rings is 1. The van der Waals surface area contributed by atoms with Crippen molar-refractivity contribution >= 4 is 17.0 Å². The van der Waals surface area contributed by atoms with E-state index in [0.29, 0.717) is 0 Å². The predicted octanol–water partition coefficient (Wildman–Crippen LogP) is 4.24. The molecule has 1 heterocycles. The third-order valence-electron chi connectivity index (χ3n) is 2.78. The fourth-order valence-corrected chi connectivity index (χ4v) is 2.83. The molecule has 0 radical (unpaired) electrons. The lowest BCUT2D eigenvalue weighted by Crippen LogP contribution is -2.08. The molecule has 17 heavy (non-hydrogen) atoms. The molecule has 0 saturated heterocycles. The van der Waals surface area contributed by atoms with E-state index in [1.165, 1.54) is 10.4 Å². The highest BCUT2D eigenvalue weighted by Crippen LogP contribution is 2.25. The molecule has 0 fully saturated rings. The van der Waals surface area contributed by atoms with Gasteiger partial charge in [-0.2, -0.15) is 0 Å². The molecule has 1 aromatic heterocycles. The summed E-state index contributed by atoms with van der Waals surface area (Å²) in [5, 5.41) is 4.62. The molecule has 2 aromatic rings.